The predicted octanol–water partition coefficient (Wildman–Crippen LogP) is 3.24. The first-order chi connectivity index (χ1) is 9.26. The Morgan fingerprint density at radius 3 is 2.30 bits per heavy atom. The summed E-state index contributed by atoms with van der Waals surface area (Å²) in [5, 5.41) is 8.89. The van der Waals surface area contributed by atoms with E-state index in [1.165, 1.54) is 0 Å². The molecule has 0 bridgehead atoms. The van der Waals surface area contributed by atoms with E-state index in [0.29, 0.717) is 6.54 Å². The second kappa shape index (κ2) is 6.55. The molecule has 110 valence electrons. The third kappa shape index (κ3) is 4.37. The molecule has 0 atom stereocenters. The third-order valence-electron chi connectivity index (χ3n) is 3.28. The molecule has 4 nitrogen and oxygen atoms in total. The van der Waals surface area contributed by atoms with Gasteiger partial charge in [0.25, 0.3) is 0 Å². The molecule has 0 saturated heterocycles. The Hall–Kier alpha value is -1.84. The fourth-order valence-corrected chi connectivity index (χ4v) is 2.32. The maximum absolute atomic E-state index is 12.5. The van der Waals surface area contributed by atoms with Crippen molar-refractivity contribution in [2.24, 2.45) is 5.41 Å². The van der Waals surface area contributed by atoms with E-state index in [9.17, 15) is 9.59 Å². The van der Waals surface area contributed by atoms with Crippen molar-refractivity contribution in [2.45, 2.75) is 40.5 Å². The van der Waals surface area contributed by atoms with Gasteiger partial charge >= 0.3 is 5.97 Å². The lowest BCUT2D eigenvalue weighted by Gasteiger charge is -2.28. The van der Waals surface area contributed by atoms with Crippen LogP contribution < -0.4 is 4.90 Å². The van der Waals surface area contributed by atoms with Crippen molar-refractivity contribution in [1.82, 2.24) is 0 Å². The standard InChI is InChI=1S/C16H23NO3/c1-5-17(13-9-7-6-8-12(13)2)14(18)10-16(3,4)11-15(19)20/h6-9H,5,10-11H2,1-4H3,(H,19,20). The minimum absolute atomic E-state index is 0.00986. The number of anilines is 1. The molecule has 0 spiro atoms. The van der Waals surface area contributed by atoms with Crippen molar-refractivity contribution in [3.05, 3.63) is 29.8 Å². The smallest absolute Gasteiger partial charge is 0.303 e. The zero-order valence-electron chi connectivity index (χ0n) is 12.6. The summed E-state index contributed by atoms with van der Waals surface area (Å²) >= 11 is 0. The maximum atomic E-state index is 12.5. The minimum atomic E-state index is -0.873. The van der Waals surface area contributed by atoms with Gasteiger partial charge in [-0.05, 0) is 30.9 Å². The number of rotatable bonds is 6. The van der Waals surface area contributed by atoms with Gasteiger partial charge in [0.2, 0.25) is 5.91 Å². The number of carbonyl (C=O) groups is 2. The number of amides is 1. The summed E-state index contributed by atoms with van der Waals surface area (Å²) < 4.78 is 0. The number of hydrogen-bond donors (Lipinski definition) is 1. The molecule has 1 N–H and O–H groups in total. The number of aliphatic carboxylic acids is 1. The van der Waals surface area contributed by atoms with Crippen molar-refractivity contribution in [2.75, 3.05) is 11.4 Å². The first kappa shape index (κ1) is 16.2. The van der Waals surface area contributed by atoms with Crippen LogP contribution in [0.5, 0.6) is 0 Å². The molecule has 0 saturated carbocycles. The quantitative estimate of drug-likeness (QED) is 0.868. The molecule has 20 heavy (non-hydrogen) atoms. The summed E-state index contributed by atoms with van der Waals surface area (Å²) in [4.78, 5) is 25.0. The van der Waals surface area contributed by atoms with E-state index >= 15 is 0 Å². The Morgan fingerprint density at radius 1 is 1.20 bits per heavy atom. The number of benzene rings is 1. The molecule has 0 radical (unpaired) electrons. The Morgan fingerprint density at radius 2 is 1.80 bits per heavy atom. The number of hydrogen-bond acceptors (Lipinski definition) is 2. The van der Waals surface area contributed by atoms with Crippen molar-refractivity contribution in [1.29, 1.82) is 0 Å². The van der Waals surface area contributed by atoms with E-state index in [4.69, 9.17) is 5.11 Å². The van der Waals surface area contributed by atoms with Crippen LogP contribution in [0.1, 0.15) is 39.2 Å². The number of nitrogens with zero attached hydrogens (tertiary/aromatic N) is 1. The van der Waals surface area contributed by atoms with Crippen molar-refractivity contribution < 1.29 is 14.7 Å². The summed E-state index contributed by atoms with van der Waals surface area (Å²) in [6, 6.07) is 7.72. The molecule has 0 fully saturated rings. The highest BCUT2D eigenvalue weighted by molar-refractivity contribution is 5.94. The molecule has 1 amide bonds. The molecule has 4 heteroatoms. The zero-order chi connectivity index (χ0) is 15.3. The van der Waals surface area contributed by atoms with Gasteiger partial charge in [-0.2, -0.15) is 0 Å². The normalized spacial score (nSPS) is 11.2. The Balaban J connectivity index is 2.89. The van der Waals surface area contributed by atoms with Gasteiger partial charge in [0.1, 0.15) is 0 Å². The van der Waals surface area contributed by atoms with Gasteiger partial charge in [-0.1, -0.05) is 32.0 Å². The summed E-state index contributed by atoms with van der Waals surface area (Å²) in [5.74, 6) is -0.908. The Kier molecular flexibility index (Phi) is 5.31. The Bertz CT molecular complexity index is 494. The number of carboxylic acid groups (broad SMARTS) is 1. The lowest BCUT2D eigenvalue weighted by atomic mass is 9.85. The van der Waals surface area contributed by atoms with E-state index in [-0.39, 0.29) is 18.7 Å². The van der Waals surface area contributed by atoms with Crippen LogP contribution in [0.15, 0.2) is 24.3 Å². The zero-order valence-corrected chi connectivity index (χ0v) is 12.6. The van der Waals surface area contributed by atoms with Gasteiger partial charge in [0.15, 0.2) is 0 Å². The average Bonchev–Trinajstić information content (AvgIpc) is 2.29. The van der Waals surface area contributed by atoms with Crippen LogP contribution in [-0.2, 0) is 9.59 Å². The molecular weight excluding hydrogens is 254 g/mol. The first-order valence-electron chi connectivity index (χ1n) is 6.84. The number of carbonyl (C=O) groups excluding carboxylic acids is 1. The second-order valence-electron chi connectivity index (χ2n) is 5.84. The van der Waals surface area contributed by atoms with Crippen molar-refractivity contribution in [3.8, 4) is 0 Å². The predicted molar refractivity (Wildman–Crippen MR) is 79.9 cm³/mol. The van der Waals surface area contributed by atoms with Crippen LogP contribution in [0.3, 0.4) is 0 Å². The molecule has 0 aliphatic rings. The average molecular weight is 277 g/mol. The number of aryl methyl sites for hydroxylation is 1. The van der Waals surface area contributed by atoms with Gasteiger partial charge in [-0.15, -0.1) is 0 Å². The summed E-state index contributed by atoms with van der Waals surface area (Å²) in [7, 11) is 0. The van der Waals surface area contributed by atoms with E-state index in [1.54, 1.807) is 4.90 Å². The van der Waals surface area contributed by atoms with Gasteiger partial charge in [-0.25, -0.2) is 0 Å². The van der Waals surface area contributed by atoms with Crippen LogP contribution in [0.25, 0.3) is 0 Å². The lowest BCUT2D eigenvalue weighted by Crippen LogP contribution is -2.35. The molecule has 1 aromatic rings. The Labute approximate surface area is 120 Å². The largest absolute Gasteiger partial charge is 0.481 e. The fraction of sp³-hybridized carbons (Fsp3) is 0.500. The van der Waals surface area contributed by atoms with Crippen molar-refractivity contribution in [3.63, 3.8) is 0 Å². The molecule has 1 aromatic carbocycles. The summed E-state index contributed by atoms with van der Waals surface area (Å²) in [6.07, 6.45) is 0.214. The molecule has 0 aromatic heterocycles. The van der Waals surface area contributed by atoms with E-state index in [0.717, 1.165) is 11.3 Å². The monoisotopic (exact) mass is 277 g/mol. The highest BCUT2D eigenvalue weighted by Gasteiger charge is 2.28. The topological polar surface area (TPSA) is 57.6 Å². The molecule has 0 aliphatic heterocycles. The summed E-state index contributed by atoms with van der Waals surface area (Å²) in [6.45, 7) is 8.09. The molecular formula is C16H23NO3. The minimum Gasteiger partial charge on any atom is -0.481 e. The van der Waals surface area contributed by atoms with Crippen LogP contribution in [0.4, 0.5) is 5.69 Å². The second-order valence-corrected chi connectivity index (χ2v) is 5.84. The van der Waals surface area contributed by atoms with E-state index in [2.05, 4.69) is 0 Å². The highest BCUT2D eigenvalue weighted by Crippen LogP contribution is 2.28. The van der Waals surface area contributed by atoms with Gasteiger partial charge < -0.3 is 10.0 Å². The summed E-state index contributed by atoms with van der Waals surface area (Å²) in [5.41, 5.74) is 1.39. The van der Waals surface area contributed by atoms with Gasteiger partial charge in [0, 0.05) is 18.7 Å². The van der Waals surface area contributed by atoms with E-state index < -0.39 is 11.4 Å². The van der Waals surface area contributed by atoms with Crippen LogP contribution in [-0.4, -0.2) is 23.5 Å². The third-order valence-corrected chi connectivity index (χ3v) is 3.28. The molecule has 0 aliphatic carbocycles. The lowest BCUT2D eigenvalue weighted by molar-refractivity contribution is -0.139. The fourth-order valence-electron chi connectivity index (χ4n) is 2.32. The molecule has 0 heterocycles. The van der Waals surface area contributed by atoms with Gasteiger partial charge in [-0.3, -0.25) is 9.59 Å². The van der Waals surface area contributed by atoms with E-state index in [1.807, 2.05) is 52.0 Å². The van der Waals surface area contributed by atoms with Crippen LogP contribution in [0.2, 0.25) is 0 Å². The maximum Gasteiger partial charge on any atom is 0.303 e. The number of para-hydroxylation sites is 1. The molecule has 1 rings (SSSR count). The molecule has 0 unspecified atom stereocenters. The number of carboxylic acids is 1. The van der Waals surface area contributed by atoms with Gasteiger partial charge in [0.05, 0.1) is 6.42 Å². The highest BCUT2D eigenvalue weighted by atomic mass is 16.4. The first-order valence-corrected chi connectivity index (χ1v) is 6.84. The van der Waals surface area contributed by atoms with Crippen molar-refractivity contribution >= 4 is 17.6 Å². The van der Waals surface area contributed by atoms with Crippen LogP contribution in [0, 0.1) is 12.3 Å². The van der Waals surface area contributed by atoms with Crippen LogP contribution >= 0.6 is 0 Å². The SMILES string of the molecule is CCN(C(=O)CC(C)(C)CC(=O)O)c1ccccc1C.